The van der Waals surface area contributed by atoms with Crippen LogP contribution in [0.2, 0.25) is 0 Å². The van der Waals surface area contributed by atoms with E-state index >= 15 is 0 Å². The molecule has 2 aromatic rings. The molecule has 102 valence electrons. The molecule has 0 aliphatic carbocycles. The van der Waals surface area contributed by atoms with Crippen LogP contribution in [-0.2, 0) is 17.9 Å². The molecule has 0 spiro atoms. The van der Waals surface area contributed by atoms with Crippen LogP contribution in [-0.4, -0.2) is 37.8 Å². The Morgan fingerprint density at radius 3 is 2.79 bits per heavy atom. The fourth-order valence-electron chi connectivity index (χ4n) is 1.84. The minimum Gasteiger partial charge on any atom is -0.396 e. The molecular formula is C12H18N6O. The Kier molecular flexibility index (Phi) is 3.55. The van der Waals surface area contributed by atoms with Gasteiger partial charge in [0.05, 0.1) is 23.3 Å². The highest BCUT2D eigenvalue weighted by Crippen LogP contribution is 2.14. The van der Waals surface area contributed by atoms with Crippen molar-refractivity contribution in [3.8, 4) is 0 Å². The van der Waals surface area contributed by atoms with Crippen molar-refractivity contribution in [3.63, 3.8) is 0 Å². The highest BCUT2D eigenvalue weighted by atomic mass is 16.2. The zero-order valence-corrected chi connectivity index (χ0v) is 11.3. The Morgan fingerprint density at radius 1 is 1.53 bits per heavy atom. The average Bonchev–Trinajstić information content (AvgIpc) is 2.95. The highest BCUT2D eigenvalue weighted by Gasteiger charge is 2.14. The molecule has 0 atom stereocenters. The molecule has 0 fully saturated rings. The predicted molar refractivity (Wildman–Crippen MR) is 71.2 cm³/mol. The minimum absolute atomic E-state index is 0.0215. The molecule has 0 aromatic carbocycles. The Bertz CT molecular complexity index is 571. The van der Waals surface area contributed by atoms with Crippen LogP contribution in [0.25, 0.3) is 0 Å². The number of aromatic amines is 1. The summed E-state index contributed by atoms with van der Waals surface area (Å²) in [6, 6.07) is 0. The van der Waals surface area contributed by atoms with Crippen LogP contribution in [0.4, 0.5) is 5.69 Å². The third-order valence-electron chi connectivity index (χ3n) is 3.12. The normalized spacial score (nSPS) is 10.7. The zero-order chi connectivity index (χ0) is 14.0. The number of amides is 1. The van der Waals surface area contributed by atoms with Crippen molar-refractivity contribution >= 4 is 11.6 Å². The Hall–Kier alpha value is -2.31. The first-order chi connectivity index (χ1) is 8.99. The summed E-state index contributed by atoms with van der Waals surface area (Å²) < 4.78 is 1.64. The Labute approximate surface area is 111 Å². The molecule has 2 rings (SSSR count). The van der Waals surface area contributed by atoms with Crippen LogP contribution in [0.5, 0.6) is 0 Å². The number of carbonyl (C=O) groups is 1. The van der Waals surface area contributed by atoms with E-state index in [1.54, 1.807) is 29.0 Å². The Balaban J connectivity index is 2.02. The molecule has 0 aliphatic heterocycles. The van der Waals surface area contributed by atoms with Crippen molar-refractivity contribution in [2.45, 2.75) is 26.9 Å². The fourth-order valence-corrected chi connectivity index (χ4v) is 1.84. The van der Waals surface area contributed by atoms with Gasteiger partial charge in [-0.05, 0) is 13.8 Å². The monoisotopic (exact) mass is 262 g/mol. The van der Waals surface area contributed by atoms with Gasteiger partial charge in [-0.25, -0.2) is 0 Å². The zero-order valence-electron chi connectivity index (χ0n) is 11.3. The van der Waals surface area contributed by atoms with Gasteiger partial charge in [0.1, 0.15) is 6.54 Å². The van der Waals surface area contributed by atoms with Crippen LogP contribution < -0.4 is 5.73 Å². The van der Waals surface area contributed by atoms with Crippen molar-refractivity contribution in [2.75, 3.05) is 12.8 Å². The van der Waals surface area contributed by atoms with Crippen LogP contribution >= 0.6 is 0 Å². The van der Waals surface area contributed by atoms with Gasteiger partial charge in [0.15, 0.2) is 0 Å². The molecule has 0 radical (unpaired) electrons. The van der Waals surface area contributed by atoms with Gasteiger partial charge < -0.3 is 10.6 Å². The lowest BCUT2D eigenvalue weighted by molar-refractivity contribution is -0.131. The molecule has 0 saturated carbocycles. The summed E-state index contributed by atoms with van der Waals surface area (Å²) in [7, 11) is 1.75. The summed E-state index contributed by atoms with van der Waals surface area (Å²) in [5.41, 5.74) is 9.02. The summed E-state index contributed by atoms with van der Waals surface area (Å²) >= 11 is 0. The molecule has 0 unspecified atom stereocenters. The third kappa shape index (κ3) is 2.75. The third-order valence-corrected chi connectivity index (χ3v) is 3.12. The molecule has 0 bridgehead atoms. The van der Waals surface area contributed by atoms with E-state index in [2.05, 4.69) is 15.3 Å². The first kappa shape index (κ1) is 13.1. The van der Waals surface area contributed by atoms with E-state index in [0.717, 1.165) is 17.0 Å². The van der Waals surface area contributed by atoms with E-state index in [1.165, 1.54) is 0 Å². The molecule has 3 N–H and O–H groups in total. The number of rotatable bonds is 4. The van der Waals surface area contributed by atoms with E-state index in [-0.39, 0.29) is 12.5 Å². The van der Waals surface area contributed by atoms with E-state index < -0.39 is 0 Å². The maximum Gasteiger partial charge on any atom is 0.244 e. The molecular weight excluding hydrogens is 244 g/mol. The minimum atomic E-state index is -0.0215. The number of aromatic nitrogens is 4. The summed E-state index contributed by atoms with van der Waals surface area (Å²) in [6.45, 7) is 4.40. The lowest BCUT2D eigenvalue weighted by Crippen LogP contribution is -2.30. The highest BCUT2D eigenvalue weighted by molar-refractivity contribution is 5.75. The van der Waals surface area contributed by atoms with E-state index in [1.807, 2.05) is 13.8 Å². The lowest BCUT2D eigenvalue weighted by atomic mass is 10.3. The number of hydrogen-bond acceptors (Lipinski definition) is 4. The quantitative estimate of drug-likeness (QED) is 0.837. The number of nitrogens with two attached hydrogens (primary N) is 1. The van der Waals surface area contributed by atoms with Gasteiger partial charge >= 0.3 is 0 Å². The second-order valence-corrected chi connectivity index (χ2v) is 4.60. The fraction of sp³-hybridized carbons (Fsp3) is 0.417. The summed E-state index contributed by atoms with van der Waals surface area (Å²) in [4.78, 5) is 13.7. The van der Waals surface area contributed by atoms with Crippen LogP contribution in [0.15, 0.2) is 12.4 Å². The number of nitrogens with zero attached hydrogens (tertiary/aromatic N) is 4. The van der Waals surface area contributed by atoms with Crippen molar-refractivity contribution in [3.05, 3.63) is 29.3 Å². The number of aryl methyl sites for hydroxylation is 1. The van der Waals surface area contributed by atoms with Gasteiger partial charge in [-0.1, -0.05) is 0 Å². The average molecular weight is 262 g/mol. The summed E-state index contributed by atoms with van der Waals surface area (Å²) in [5.74, 6) is -0.0215. The second kappa shape index (κ2) is 5.13. The molecule has 0 aliphatic rings. The molecule has 2 heterocycles. The van der Waals surface area contributed by atoms with Crippen molar-refractivity contribution < 1.29 is 4.79 Å². The van der Waals surface area contributed by atoms with Crippen molar-refractivity contribution in [2.24, 2.45) is 0 Å². The predicted octanol–water partition coefficient (Wildman–Crippen LogP) is 0.464. The smallest absolute Gasteiger partial charge is 0.244 e. The molecule has 0 saturated heterocycles. The van der Waals surface area contributed by atoms with Gasteiger partial charge in [-0.2, -0.15) is 10.2 Å². The van der Waals surface area contributed by atoms with E-state index in [0.29, 0.717) is 12.2 Å². The van der Waals surface area contributed by atoms with Crippen LogP contribution in [0, 0.1) is 13.8 Å². The number of carbonyl (C=O) groups excluding carboxylic acids is 1. The molecule has 7 heteroatoms. The van der Waals surface area contributed by atoms with E-state index in [4.69, 9.17) is 5.73 Å². The number of nitrogen functional groups attached to an aromatic ring is 1. The van der Waals surface area contributed by atoms with Crippen molar-refractivity contribution in [1.82, 2.24) is 24.9 Å². The second-order valence-electron chi connectivity index (χ2n) is 4.60. The van der Waals surface area contributed by atoms with E-state index in [9.17, 15) is 4.79 Å². The van der Waals surface area contributed by atoms with Gasteiger partial charge in [0.25, 0.3) is 0 Å². The first-order valence-corrected chi connectivity index (χ1v) is 6.00. The standard InChI is InChI=1S/C12H18N6O/c1-8-12(13)9(2)18(16-8)7-11(19)17(3)6-10-4-14-15-5-10/h4-5H,6-7,13H2,1-3H3,(H,14,15). The maximum absolute atomic E-state index is 12.1. The topological polar surface area (TPSA) is 92.8 Å². The molecule has 1 amide bonds. The van der Waals surface area contributed by atoms with Crippen LogP contribution in [0.3, 0.4) is 0 Å². The van der Waals surface area contributed by atoms with Gasteiger partial charge in [-0.15, -0.1) is 0 Å². The first-order valence-electron chi connectivity index (χ1n) is 6.00. The molecule has 7 nitrogen and oxygen atoms in total. The largest absolute Gasteiger partial charge is 0.396 e. The number of anilines is 1. The van der Waals surface area contributed by atoms with Crippen molar-refractivity contribution in [1.29, 1.82) is 0 Å². The molecule has 2 aromatic heterocycles. The van der Waals surface area contributed by atoms with Gasteiger partial charge in [0.2, 0.25) is 5.91 Å². The number of likely N-dealkylation sites (N-methyl/N-ethyl adjacent to an activating group) is 1. The summed E-state index contributed by atoms with van der Waals surface area (Å²) in [6.07, 6.45) is 3.47. The SMILES string of the molecule is Cc1nn(CC(=O)N(C)Cc2cn[nH]c2)c(C)c1N. The van der Waals surface area contributed by atoms with Gasteiger partial charge in [0, 0.05) is 25.4 Å². The lowest BCUT2D eigenvalue weighted by Gasteiger charge is -2.16. The summed E-state index contributed by atoms with van der Waals surface area (Å²) in [5, 5.41) is 10.8. The number of nitrogens with one attached hydrogen (secondary N) is 1. The Morgan fingerprint density at radius 2 is 2.26 bits per heavy atom. The molecule has 19 heavy (non-hydrogen) atoms. The number of hydrogen-bond donors (Lipinski definition) is 2. The maximum atomic E-state index is 12.1. The van der Waals surface area contributed by atoms with Gasteiger partial charge in [-0.3, -0.25) is 14.6 Å². The number of H-pyrrole nitrogens is 1. The van der Waals surface area contributed by atoms with Crippen LogP contribution in [0.1, 0.15) is 17.0 Å².